The molecule has 0 bridgehead atoms. The zero-order chi connectivity index (χ0) is 14.6. The number of carbonyl (C=O) groups is 1. The average Bonchev–Trinajstić information content (AvgIpc) is 2.38. The number of hydrogen-bond acceptors (Lipinski definition) is 4. The van der Waals surface area contributed by atoms with Gasteiger partial charge in [0, 0.05) is 29.7 Å². The summed E-state index contributed by atoms with van der Waals surface area (Å²) in [5.41, 5.74) is 0.496. The summed E-state index contributed by atoms with van der Waals surface area (Å²) in [6.45, 7) is 5.73. The van der Waals surface area contributed by atoms with E-state index >= 15 is 0 Å². The molecule has 0 unspecified atom stereocenters. The van der Waals surface area contributed by atoms with Gasteiger partial charge in [0.05, 0.1) is 0 Å². The second kappa shape index (κ2) is 5.64. The number of nitrogens with zero attached hydrogens (tertiary/aromatic N) is 3. The minimum absolute atomic E-state index is 0.298. The molecule has 2 amide bonds. The molecule has 0 aliphatic carbocycles. The van der Waals surface area contributed by atoms with E-state index in [4.69, 9.17) is 0 Å². The van der Waals surface area contributed by atoms with E-state index in [0.29, 0.717) is 11.6 Å². The lowest BCUT2D eigenvalue weighted by Crippen LogP contribution is -2.43. The highest BCUT2D eigenvalue weighted by Crippen LogP contribution is 2.14. The van der Waals surface area contributed by atoms with E-state index in [1.807, 2.05) is 32.9 Å². The fourth-order valence-corrected chi connectivity index (χ4v) is 1.55. The van der Waals surface area contributed by atoms with Gasteiger partial charge in [0.15, 0.2) is 5.82 Å². The van der Waals surface area contributed by atoms with Crippen LogP contribution in [-0.2, 0) is 0 Å². The van der Waals surface area contributed by atoms with Gasteiger partial charge in [0.25, 0.3) is 0 Å². The standard InChI is InChI=1S/C14H17N5O/c1-14(2,3)19-13(20)18-11-6-8-16-12(17-11)10-5-4-7-15-9-10/h4-9H,1-3H3,(H2,16,17,18,19,20). The average molecular weight is 271 g/mol. The first kappa shape index (κ1) is 13.9. The Morgan fingerprint density at radius 3 is 2.65 bits per heavy atom. The van der Waals surface area contributed by atoms with Gasteiger partial charge < -0.3 is 5.32 Å². The predicted octanol–water partition coefficient (Wildman–Crippen LogP) is 2.46. The Kier molecular flexibility index (Phi) is 3.93. The Labute approximate surface area is 117 Å². The van der Waals surface area contributed by atoms with Crippen molar-refractivity contribution in [1.82, 2.24) is 20.3 Å². The van der Waals surface area contributed by atoms with E-state index in [-0.39, 0.29) is 11.6 Å². The minimum Gasteiger partial charge on any atom is -0.333 e. The van der Waals surface area contributed by atoms with Crippen LogP contribution < -0.4 is 10.6 Å². The topological polar surface area (TPSA) is 79.8 Å². The molecule has 0 saturated carbocycles. The lowest BCUT2D eigenvalue weighted by atomic mass is 10.1. The van der Waals surface area contributed by atoms with Crippen LogP contribution in [0, 0.1) is 0 Å². The van der Waals surface area contributed by atoms with Crippen molar-refractivity contribution in [2.45, 2.75) is 26.3 Å². The summed E-state index contributed by atoms with van der Waals surface area (Å²) in [6.07, 6.45) is 4.96. The number of amides is 2. The molecule has 2 aromatic rings. The van der Waals surface area contributed by atoms with Gasteiger partial charge in [-0.15, -0.1) is 0 Å². The summed E-state index contributed by atoms with van der Waals surface area (Å²) >= 11 is 0. The van der Waals surface area contributed by atoms with Crippen molar-refractivity contribution in [3.8, 4) is 11.4 Å². The van der Waals surface area contributed by atoms with E-state index in [9.17, 15) is 4.79 Å². The molecule has 0 fully saturated rings. The maximum absolute atomic E-state index is 11.8. The molecule has 2 heterocycles. The largest absolute Gasteiger partial charge is 0.333 e. The number of pyridine rings is 1. The molecule has 6 heteroatoms. The molecule has 20 heavy (non-hydrogen) atoms. The van der Waals surface area contributed by atoms with Crippen LogP contribution in [0.1, 0.15) is 20.8 Å². The van der Waals surface area contributed by atoms with Gasteiger partial charge in [0.2, 0.25) is 0 Å². The summed E-state index contributed by atoms with van der Waals surface area (Å²) in [5, 5.41) is 5.49. The van der Waals surface area contributed by atoms with Gasteiger partial charge in [-0.05, 0) is 39.0 Å². The van der Waals surface area contributed by atoms with Crippen molar-refractivity contribution >= 4 is 11.8 Å². The Bertz CT molecular complexity index is 592. The van der Waals surface area contributed by atoms with Crippen LogP contribution in [0.4, 0.5) is 10.6 Å². The van der Waals surface area contributed by atoms with E-state index in [0.717, 1.165) is 5.56 Å². The highest BCUT2D eigenvalue weighted by Gasteiger charge is 2.14. The second-order valence-electron chi connectivity index (χ2n) is 5.34. The first-order valence-electron chi connectivity index (χ1n) is 6.27. The van der Waals surface area contributed by atoms with Gasteiger partial charge in [-0.2, -0.15) is 0 Å². The number of aromatic nitrogens is 3. The lowest BCUT2D eigenvalue weighted by Gasteiger charge is -2.20. The molecule has 0 aromatic carbocycles. The van der Waals surface area contributed by atoms with Crippen molar-refractivity contribution in [3.63, 3.8) is 0 Å². The third kappa shape index (κ3) is 4.01. The molecular formula is C14H17N5O. The first-order valence-corrected chi connectivity index (χ1v) is 6.27. The van der Waals surface area contributed by atoms with Crippen molar-refractivity contribution in [3.05, 3.63) is 36.8 Å². The molecule has 2 N–H and O–H groups in total. The number of urea groups is 1. The van der Waals surface area contributed by atoms with Crippen LogP contribution >= 0.6 is 0 Å². The number of anilines is 1. The van der Waals surface area contributed by atoms with E-state index < -0.39 is 0 Å². The molecule has 0 spiro atoms. The van der Waals surface area contributed by atoms with E-state index in [1.165, 1.54) is 0 Å². The normalized spacial score (nSPS) is 10.9. The number of carbonyl (C=O) groups excluding carboxylic acids is 1. The third-order valence-corrected chi connectivity index (χ3v) is 2.31. The summed E-state index contributed by atoms with van der Waals surface area (Å²) in [6, 6.07) is 5.02. The summed E-state index contributed by atoms with van der Waals surface area (Å²) < 4.78 is 0. The summed E-state index contributed by atoms with van der Waals surface area (Å²) in [7, 11) is 0. The van der Waals surface area contributed by atoms with Crippen LogP contribution in [0.5, 0.6) is 0 Å². The second-order valence-corrected chi connectivity index (χ2v) is 5.34. The number of rotatable bonds is 2. The molecule has 2 aromatic heterocycles. The third-order valence-electron chi connectivity index (χ3n) is 2.31. The molecule has 6 nitrogen and oxygen atoms in total. The number of hydrogen-bond donors (Lipinski definition) is 2. The van der Waals surface area contributed by atoms with Gasteiger partial charge in [-0.1, -0.05) is 0 Å². The van der Waals surface area contributed by atoms with E-state index in [1.54, 1.807) is 24.7 Å². The first-order chi connectivity index (χ1) is 9.44. The predicted molar refractivity (Wildman–Crippen MR) is 77.2 cm³/mol. The Morgan fingerprint density at radius 2 is 2.00 bits per heavy atom. The Hall–Kier alpha value is -2.50. The maximum Gasteiger partial charge on any atom is 0.320 e. The van der Waals surface area contributed by atoms with Crippen molar-refractivity contribution in [2.75, 3.05) is 5.32 Å². The van der Waals surface area contributed by atoms with Crippen LogP contribution in [0.3, 0.4) is 0 Å². The zero-order valence-electron chi connectivity index (χ0n) is 11.7. The molecule has 0 atom stereocenters. The molecule has 0 radical (unpaired) electrons. The van der Waals surface area contributed by atoms with E-state index in [2.05, 4.69) is 25.6 Å². The SMILES string of the molecule is CC(C)(C)NC(=O)Nc1ccnc(-c2cccnc2)n1. The fourth-order valence-electron chi connectivity index (χ4n) is 1.55. The van der Waals surface area contributed by atoms with Gasteiger partial charge in [-0.3, -0.25) is 10.3 Å². The smallest absolute Gasteiger partial charge is 0.320 e. The minimum atomic E-state index is -0.302. The highest BCUT2D eigenvalue weighted by atomic mass is 16.2. The van der Waals surface area contributed by atoms with Crippen LogP contribution in [0.2, 0.25) is 0 Å². The van der Waals surface area contributed by atoms with Crippen molar-refractivity contribution in [1.29, 1.82) is 0 Å². The van der Waals surface area contributed by atoms with Crippen molar-refractivity contribution < 1.29 is 4.79 Å². The van der Waals surface area contributed by atoms with Crippen LogP contribution in [-0.4, -0.2) is 26.5 Å². The van der Waals surface area contributed by atoms with Gasteiger partial charge in [0.1, 0.15) is 5.82 Å². The monoisotopic (exact) mass is 271 g/mol. The Morgan fingerprint density at radius 1 is 1.20 bits per heavy atom. The molecule has 2 rings (SSSR count). The molecule has 0 aliphatic heterocycles. The lowest BCUT2D eigenvalue weighted by molar-refractivity contribution is 0.243. The molecule has 0 aliphatic rings. The Balaban J connectivity index is 2.13. The maximum atomic E-state index is 11.8. The zero-order valence-corrected chi connectivity index (χ0v) is 11.7. The quantitative estimate of drug-likeness (QED) is 0.879. The number of nitrogens with one attached hydrogen (secondary N) is 2. The summed E-state index contributed by atoms with van der Waals surface area (Å²) in [4.78, 5) is 24.3. The van der Waals surface area contributed by atoms with Crippen LogP contribution in [0.25, 0.3) is 11.4 Å². The van der Waals surface area contributed by atoms with Crippen molar-refractivity contribution in [2.24, 2.45) is 0 Å². The van der Waals surface area contributed by atoms with Gasteiger partial charge in [-0.25, -0.2) is 14.8 Å². The molecular weight excluding hydrogens is 254 g/mol. The molecule has 0 saturated heterocycles. The van der Waals surface area contributed by atoms with Gasteiger partial charge >= 0.3 is 6.03 Å². The highest BCUT2D eigenvalue weighted by molar-refractivity contribution is 5.88. The van der Waals surface area contributed by atoms with Crippen LogP contribution in [0.15, 0.2) is 36.8 Å². The summed E-state index contributed by atoms with van der Waals surface area (Å²) in [5.74, 6) is 0.965. The molecule has 104 valence electrons. The fraction of sp³-hybridized carbons (Fsp3) is 0.286.